The van der Waals surface area contributed by atoms with Crippen molar-refractivity contribution in [2.45, 2.75) is 26.7 Å². The normalized spacial score (nSPS) is 18.6. The highest BCUT2D eigenvalue weighted by Gasteiger charge is 2.25. The van der Waals surface area contributed by atoms with Crippen molar-refractivity contribution < 1.29 is 18.4 Å². The van der Waals surface area contributed by atoms with E-state index in [1.54, 1.807) is 0 Å². The summed E-state index contributed by atoms with van der Waals surface area (Å²) in [5.41, 5.74) is 0. The van der Waals surface area contributed by atoms with Crippen LogP contribution in [0.15, 0.2) is 0 Å². The number of rotatable bonds is 7. The van der Waals surface area contributed by atoms with Crippen molar-refractivity contribution in [1.82, 2.24) is 4.90 Å². The molecule has 0 spiro atoms. The summed E-state index contributed by atoms with van der Waals surface area (Å²) < 4.78 is 22.6. The van der Waals surface area contributed by atoms with Crippen molar-refractivity contribution in [3.05, 3.63) is 0 Å². The van der Waals surface area contributed by atoms with Crippen LogP contribution < -0.4 is 0 Å². The molecule has 0 unspecified atom stereocenters. The maximum absolute atomic E-state index is 12.2. The van der Waals surface area contributed by atoms with Gasteiger partial charge in [-0.1, -0.05) is 0 Å². The molecule has 0 aromatic carbocycles. The van der Waals surface area contributed by atoms with Gasteiger partial charge in [0.2, 0.25) is 0 Å². The number of likely N-dealkylation sites (tertiary alicyclic amines) is 1. The second-order valence-electron chi connectivity index (χ2n) is 4.05. The van der Waals surface area contributed by atoms with E-state index >= 15 is 0 Å². The fraction of sp³-hybridized carbons (Fsp3) is 0.909. The van der Waals surface area contributed by atoms with Crippen molar-refractivity contribution in [1.29, 1.82) is 0 Å². The Labute approximate surface area is 103 Å². The van der Waals surface area contributed by atoms with E-state index in [-0.39, 0.29) is 0 Å². The first-order valence-corrected chi connectivity index (χ1v) is 7.94. The largest absolute Gasteiger partial charge is 0.331 e. The first-order valence-electron chi connectivity index (χ1n) is 6.22. The molecule has 0 atom stereocenters. The molecule has 0 aliphatic carbocycles. The van der Waals surface area contributed by atoms with Gasteiger partial charge in [0.1, 0.15) is 5.78 Å². The molecule has 5 nitrogen and oxygen atoms in total. The van der Waals surface area contributed by atoms with E-state index in [9.17, 15) is 9.36 Å². The zero-order valence-corrected chi connectivity index (χ0v) is 11.6. The summed E-state index contributed by atoms with van der Waals surface area (Å²) in [5.74, 6) is 0.319. The molecule has 1 fully saturated rings. The summed E-state index contributed by atoms with van der Waals surface area (Å²) in [4.78, 5) is 13.2. The topological polar surface area (TPSA) is 55.8 Å². The maximum atomic E-state index is 12.2. The van der Waals surface area contributed by atoms with E-state index in [0.29, 0.717) is 44.5 Å². The molecular formula is C11H22NO4P. The van der Waals surface area contributed by atoms with Crippen molar-refractivity contribution in [2.24, 2.45) is 0 Å². The first-order chi connectivity index (χ1) is 8.09. The van der Waals surface area contributed by atoms with Crippen LogP contribution in [0.2, 0.25) is 0 Å². The molecule has 17 heavy (non-hydrogen) atoms. The highest BCUT2D eigenvalue weighted by molar-refractivity contribution is 7.53. The fourth-order valence-electron chi connectivity index (χ4n) is 1.85. The Morgan fingerprint density at radius 2 is 1.71 bits per heavy atom. The van der Waals surface area contributed by atoms with Gasteiger partial charge < -0.3 is 13.9 Å². The second kappa shape index (κ2) is 7.27. The summed E-state index contributed by atoms with van der Waals surface area (Å²) in [7, 11) is -2.93. The predicted octanol–water partition coefficient (Wildman–Crippen LogP) is 1.92. The van der Waals surface area contributed by atoms with E-state index in [1.165, 1.54) is 0 Å². The first kappa shape index (κ1) is 14.8. The van der Waals surface area contributed by atoms with Gasteiger partial charge in [-0.3, -0.25) is 9.36 Å². The Bertz CT molecular complexity index is 275. The van der Waals surface area contributed by atoms with Gasteiger partial charge in [-0.05, 0) is 13.8 Å². The lowest BCUT2D eigenvalue weighted by molar-refractivity contribution is -0.121. The number of hydrogen-bond acceptors (Lipinski definition) is 5. The van der Waals surface area contributed by atoms with Crippen molar-refractivity contribution in [2.75, 3.05) is 39.0 Å². The molecule has 1 aliphatic rings. The average molecular weight is 263 g/mol. The van der Waals surface area contributed by atoms with Crippen LogP contribution in [-0.2, 0) is 18.4 Å². The summed E-state index contributed by atoms with van der Waals surface area (Å²) in [6, 6.07) is 0. The summed E-state index contributed by atoms with van der Waals surface area (Å²) in [5, 5.41) is 0. The summed E-state index contributed by atoms with van der Waals surface area (Å²) >= 11 is 0. The average Bonchev–Trinajstić information content (AvgIpc) is 2.29. The van der Waals surface area contributed by atoms with Crippen molar-refractivity contribution in [3.63, 3.8) is 0 Å². The molecule has 1 aliphatic heterocycles. The van der Waals surface area contributed by atoms with Gasteiger partial charge in [-0.2, -0.15) is 0 Å². The quantitative estimate of drug-likeness (QED) is 0.657. The number of hydrogen-bond donors (Lipinski definition) is 0. The summed E-state index contributed by atoms with van der Waals surface area (Å²) in [6.07, 6.45) is 1.62. The van der Waals surface area contributed by atoms with E-state index in [2.05, 4.69) is 4.90 Å². The van der Waals surface area contributed by atoms with Crippen LogP contribution in [0.1, 0.15) is 26.7 Å². The lowest BCUT2D eigenvalue weighted by Gasteiger charge is -2.27. The third-order valence-electron chi connectivity index (χ3n) is 2.76. The molecule has 0 N–H and O–H groups in total. The van der Waals surface area contributed by atoms with Gasteiger partial charge in [0, 0.05) is 32.5 Å². The van der Waals surface area contributed by atoms with Crippen LogP contribution in [-0.4, -0.2) is 49.7 Å². The molecule has 0 amide bonds. The number of Topliss-reactive ketones (excluding diaryl/α,β-unsaturated/α-hetero) is 1. The van der Waals surface area contributed by atoms with Gasteiger partial charge in [0.05, 0.1) is 19.4 Å². The Hall–Kier alpha value is -0.220. The Kier molecular flexibility index (Phi) is 6.34. The minimum atomic E-state index is -2.93. The molecular weight excluding hydrogens is 241 g/mol. The Morgan fingerprint density at radius 3 is 2.18 bits per heavy atom. The molecule has 0 bridgehead atoms. The number of piperidine rings is 1. The molecule has 100 valence electrons. The van der Waals surface area contributed by atoms with Crippen LogP contribution >= 0.6 is 7.60 Å². The van der Waals surface area contributed by atoms with Crippen LogP contribution in [0.4, 0.5) is 0 Å². The van der Waals surface area contributed by atoms with Crippen molar-refractivity contribution in [3.8, 4) is 0 Å². The van der Waals surface area contributed by atoms with E-state index < -0.39 is 7.60 Å². The van der Waals surface area contributed by atoms with Gasteiger partial charge in [-0.25, -0.2) is 0 Å². The SMILES string of the molecule is CCOP(=O)(CCN1CCC(=O)CC1)OCC. The molecule has 1 saturated heterocycles. The molecule has 1 rings (SSSR count). The van der Waals surface area contributed by atoms with Crippen LogP contribution in [0.25, 0.3) is 0 Å². The number of carbonyl (C=O) groups is 1. The Morgan fingerprint density at radius 1 is 1.18 bits per heavy atom. The molecule has 1 heterocycles. The number of carbonyl (C=O) groups excluding carboxylic acids is 1. The zero-order valence-electron chi connectivity index (χ0n) is 10.7. The second-order valence-corrected chi connectivity index (χ2v) is 6.24. The third kappa shape index (κ3) is 5.30. The minimum Gasteiger partial charge on any atom is -0.309 e. The Balaban J connectivity index is 2.36. The van der Waals surface area contributed by atoms with E-state index in [1.807, 2.05) is 13.8 Å². The molecule has 6 heteroatoms. The smallest absolute Gasteiger partial charge is 0.309 e. The van der Waals surface area contributed by atoms with Gasteiger partial charge in [0.25, 0.3) is 0 Å². The van der Waals surface area contributed by atoms with E-state index in [4.69, 9.17) is 9.05 Å². The number of nitrogens with zero attached hydrogens (tertiary/aromatic N) is 1. The minimum absolute atomic E-state index is 0.319. The third-order valence-corrected chi connectivity index (χ3v) is 4.81. The van der Waals surface area contributed by atoms with Gasteiger partial charge in [-0.15, -0.1) is 0 Å². The maximum Gasteiger partial charge on any atom is 0.331 e. The molecule has 0 saturated carbocycles. The number of ketones is 1. The van der Waals surface area contributed by atoms with Gasteiger partial charge in [0.15, 0.2) is 0 Å². The highest BCUT2D eigenvalue weighted by Crippen LogP contribution is 2.47. The monoisotopic (exact) mass is 263 g/mol. The van der Waals surface area contributed by atoms with Crippen LogP contribution in [0, 0.1) is 0 Å². The van der Waals surface area contributed by atoms with Crippen molar-refractivity contribution >= 4 is 13.4 Å². The molecule has 0 aromatic rings. The van der Waals surface area contributed by atoms with Gasteiger partial charge >= 0.3 is 7.60 Å². The zero-order chi connectivity index (χ0) is 12.7. The highest BCUT2D eigenvalue weighted by atomic mass is 31.2. The molecule has 0 aromatic heterocycles. The fourth-order valence-corrected chi connectivity index (χ4v) is 3.50. The van der Waals surface area contributed by atoms with Crippen LogP contribution in [0.5, 0.6) is 0 Å². The predicted molar refractivity (Wildman–Crippen MR) is 66.4 cm³/mol. The standard InChI is InChI=1S/C11H22NO4P/c1-3-15-17(14,16-4-2)10-9-12-7-5-11(13)6-8-12/h3-10H2,1-2H3. The van der Waals surface area contributed by atoms with Crippen LogP contribution in [0.3, 0.4) is 0 Å². The lowest BCUT2D eigenvalue weighted by atomic mass is 10.1. The molecule has 0 radical (unpaired) electrons. The summed E-state index contributed by atoms with van der Waals surface area (Å²) in [6.45, 7) is 6.61. The lowest BCUT2D eigenvalue weighted by Crippen LogP contribution is -2.35. The van der Waals surface area contributed by atoms with E-state index in [0.717, 1.165) is 13.1 Å².